The van der Waals surface area contributed by atoms with E-state index in [9.17, 15) is 4.79 Å². The topological polar surface area (TPSA) is 73.1 Å². The molecule has 1 amide bonds. The molecule has 0 atom stereocenters. The Balaban J connectivity index is 1.78. The largest absolute Gasteiger partial charge is 0.378 e. The van der Waals surface area contributed by atoms with Crippen LogP contribution in [0.2, 0.25) is 0 Å². The quantitative estimate of drug-likeness (QED) is 0.828. The third-order valence-corrected chi connectivity index (χ3v) is 5.50. The molecular formula is C14H17N5O2S. The van der Waals surface area contributed by atoms with Crippen LogP contribution < -0.4 is 0 Å². The molecule has 22 heavy (non-hydrogen) atoms. The number of tetrazole rings is 1. The van der Waals surface area contributed by atoms with E-state index in [-0.39, 0.29) is 5.91 Å². The molecule has 0 radical (unpaired) electrons. The summed E-state index contributed by atoms with van der Waals surface area (Å²) in [4.78, 5) is 16.2. The van der Waals surface area contributed by atoms with Crippen molar-refractivity contribution in [2.75, 3.05) is 26.3 Å². The van der Waals surface area contributed by atoms with Gasteiger partial charge in [-0.05, 0) is 41.7 Å². The third-order valence-electron chi connectivity index (χ3n) is 4.22. The van der Waals surface area contributed by atoms with Gasteiger partial charge in [0, 0.05) is 18.0 Å². The fourth-order valence-corrected chi connectivity index (χ4v) is 4.41. The lowest BCUT2D eigenvalue weighted by Crippen LogP contribution is -2.41. The highest BCUT2D eigenvalue weighted by molar-refractivity contribution is 7.15. The number of amides is 1. The van der Waals surface area contributed by atoms with Gasteiger partial charge in [0.2, 0.25) is 0 Å². The molecule has 2 aromatic rings. The van der Waals surface area contributed by atoms with Crippen LogP contribution in [0.1, 0.15) is 33.6 Å². The van der Waals surface area contributed by atoms with E-state index in [4.69, 9.17) is 4.74 Å². The molecule has 1 saturated heterocycles. The summed E-state index contributed by atoms with van der Waals surface area (Å²) in [6.07, 6.45) is 5.91. The summed E-state index contributed by atoms with van der Waals surface area (Å²) in [5.74, 6) is 0.0909. The first-order valence-corrected chi connectivity index (χ1v) is 8.41. The first kappa shape index (κ1) is 13.8. The van der Waals surface area contributed by atoms with Crippen LogP contribution in [0.25, 0.3) is 5.00 Å². The molecule has 1 aliphatic carbocycles. The predicted molar refractivity (Wildman–Crippen MR) is 80.4 cm³/mol. The van der Waals surface area contributed by atoms with Gasteiger partial charge in [-0.25, -0.2) is 0 Å². The second-order valence-electron chi connectivity index (χ2n) is 5.55. The van der Waals surface area contributed by atoms with E-state index < -0.39 is 0 Å². The predicted octanol–water partition coefficient (Wildman–Crippen LogP) is 1.07. The van der Waals surface area contributed by atoms with Gasteiger partial charge < -0.3 is 9.64 Å². The van der Waals surface area contributed by atoms with Crippen LogP contribution in [0.4, 0.5) is 0 Å². The Bertz CT molecular complexity index is 676. The van der Waals surface area contributed by atoms with Crippen LogP contribution >= 0.6 is 11.3 Å². The molecule has 7 nitrogen and oxygen atoms in total. The smallest absolute Gasteiger partial charge is 0.257 e. The number of fused-ring (bicyclic) bond motifs is 1. The lowest BCUT2D eigenvalue weighted by molar-refractivity contribution is 0.0302. The van der Waals surface area contributed by atoms with Crippen LogP contribution in [0, 0.1) is 0 Å². The number of aromatic nitrogens is 4. The average Bonchev–Trinajstić information content (AvgIpc) is 3.22. The van der Waals surface area contributed by atoms with Crippen molar-refractivity contribution in [1.29, 1.82) is 0 Å². The molecule has 0 saturated carbocycles. The maximum absolute atomic E-state index is 13.0. The van der Waals surface area contributed by atoms with E-state index in [0.29, 0.717) is 26.3 Å². The first-order chi connectivity index (χ1) is 10.8. The van der Waals surface area contributed by atoms with Gasteiger partial charge in [-0.2, -0.15) is 4.68 Å². The van der Waals surface area contributed by atoms with E-state index in [2.05, 4.69) is 15.5 Å². The Morgan fingerprint density at radius 2 is 2.05 bits per heavy atom. The molecule has 0 spiro atoms. The minimum atomic E-state index is 0.0909. The molecular weight excluding hydrogens is 302 g/mol. The lowest BCUT2D eigenvalue weighted by Gasteiger charge is -2.27. The van der Waals surface area contributed by atoms with Gasteiger partial charge in [0.25, 0.3) is 5.91 Å². The molecule has 0 aromatic carbocycles. The van der Waals surface area contributed by atoms with Crippen molar-refractivity contribution < 1.29 is 9.53 Å². The van der Waals surface area contributed by atoms with Crippen molar-refractivity contribution in [2.45, 2.75) is 25.7 Å². The highest BCUT2D eigenvalue weighted by Gasteiger charge is 2.30. The van der Waals surface area contributed by atoms with Crippen LogP contribution in [0.5, 0.6) is 0 Å². The van der Waals surface area contributed by atoms with Crippen molar-refractivity contribution in [3.8, 4) is 5.00 Å². The number of hydrogen-bond donors (Lipinski definition) is 0. The van der Waals surface area contributed by atoms with E-state index in [1.807, 2.05) is 4.90 Å². The number of carbonyl (C=O) groups is 1. The summed E-state index contributed by atoms with van der Waals surface area (Å²) in [5, 5.41) is 12.3. The molecule has 0 bridgehead atoms. The number of thiophene rings is 1. The zero-order valence-corrected chi connectivity index (χ0v) is 13.0. The molecule has 0 N–H and O–H groups in total. The highest BCUT2D eigenvalue weighted by atomic mass is 32.1. The molecule has 1 fully saturated rings. The molecule has 2 aliphatic rings. The van der Waals surface area contributed by atoms with Crippen LogP contribution in [0.3, 0.4) is 0 Å². The third kappa shape index (κ3) is 2.32. The minimum absolute atomic E-state index is 0.0909. The van der Waals surface area contributed by atoms with Gasteiger partial charge in [-0.1, -0.05) is 0 Å². The van der Waals surface area contributed by atoms with Crippen molar-refractivity contribution in [2.24, 2.45) is 0 Å². The number of carbonyl (C=O) groups excluding carboxylic acids is 1. The van der Waals surface area contributed by atoms with Crippen LogP contribution in [0.15, 0.2) is 6.33 Å². The molecule has 2 aromatic heterocycles. The Morgan fingerprint density at radius 1 is 1.23 bits per heavy atom. The van der Waals surface area contributed by atoms with Crippen molar-refractivity contribution in [1.82, 2.24) is 25.1 Å². The van der Waals surface area contributed by atoms with Gasteiger partial charge in [0.1, 0.15) is 11.3 Å². The number of morpholine rings is 1. The van der Waals surface area contributed by atoms with Crippen molar-refractivity contribution in [3.05, 3.63) is 22.3 Å². The number of ether oxygens (including phenoxy) is 1. The number of hydrogen-bond acceptors (Lipinski definition) is 6. The Morgan fingerprint density at radius 3 is 2.82 bits per heavy atom. The molecule has 3 heterocycles. The van der Waals surface area contributed by atoms with E-state index in [0.717, 1.165) is 29.8 Å². The molecule has 116 valence electrons. The molecule has 1 aliphatic heterocycles. The fraction of sp³-hybridized carbons (Fsp3) is 0.571. The second kappa shape index (κ2) is 5.77. The van der Waals surface area contributed by atoms with Gasteiger partial charge in [0.15, 0.2) is 0 Å². The van der Waals surface area contributed by atoms with E-state index >= 15 is 0 Å². The second-order valence-corrected chi connectivity index (χ2v) is 6.63. The lowest BCUT2D eigenvalue weighted by atomic mass is 9.95. The Labute approximate surface area is 131 Å². The zero-order valence-electron chi connectivity index (χ0n) is 12.2. The van der Waals surface area contributed by atoms with Crippen molar-refractivity contribution in [3.63, 3.8) is 0 Å². The van der Waals surface area contributed by atoms with Crippen LogP contribution in [-0.2, 0) is 17.6 Å². The summed E-state index contributed by atoms with van der Waals surface area (Å²) >= 11 is 1.65. The monoisotopic (exact) mass is 319 g/mol. The van der Waals surface area contributed by atoms with Gasteiger partial charge >= 0.3 is 0 Å². The summed E-state index contributed by atoms with van der Waals surface area (Å²) in [5.41, 5.74) is 2.01. The number of aryl methyl sites for hydroxylation is 1. The number of rotatable bonds is 2. The number of nitrogens with zero attached hydrogens (tertiary/aromatic N) is 5. The summed E-state index contributed by atoms with van der Waals surface area (Å²) in [6.45, 7) is 2.52. The summed E-state index contributed by atoms with van der Waals surface area (Å²) in [7, 11) is 0. The zero-order chi connectivity index (χ0) is 14.9. The maximum atomic E-state index is 13.0. The fourth-order valence-electron chi connectivity index (χ4n) is 3.11. The van der Waals surface area contributed by atoms with E-state index in [1.165, 1.54) is 16.9 Å². The normalized spacial score (nSPS) is 18.3. The van der Waals surface area contributed by atoms with Crippen molar-refractivity contribution >= 4 is 17.2 Å². The first-order valence-electron chi connectivity index (χ1n) is 7.59. The van der Waals surface area contributed by atoms with Gasteiger partial charge in [-0.3, -0.25) is 4.79 Å². The summed E-state index contributed by atoms with van der Waals surface area (Å²) < 4.78 is 6.98. The van der Waals surface area contributed by atoms with Gasteiger partial charge in [0.05, 0.1) is 18.8 Å². The molecule has 4 rings (SSSR count). The van der Waals surface area contributed by atoms with Crippen LogP contribution in [-0.4, -0.2) is 57.3 Å². The molecule has 0 unspecified atom stereocenters. The average molecular weight is 319 g/mol. The maximum Gasteiger partial charge on any atom is 0.257 e. The van der Waals surface area contributed by atoms with Gasteiger partial charge in [-0.15, -0.1) is 16.4 Å². The standard InChI is InChI=1S/C14H17N5O2S/c20-13(18-5-7-21-8-6-18)12-10-3-1-2-4-11(10)22-14(12)19-9-15-16-17-19/h9H,1-8H2. The molecule has 8 heteroatoms. The SMILES string of the molecule is O=C(c1c(-n2cnnn2)sc2c1CCCC2)N1CCOCC1. The van der Waals surface area contributed by atoms with E-state index in [1.54, 1.807) is 22.3 Å². The highest BCUT2D eigenvalue weighted by Crippen LogP contribution is 2.37. The Kier molecular flexibility index (Phi) is 3.63. The Hall–Kier alpha value is -1.80. The minimum Gasteiger partial charge on any atom is -0.378 e. The summed E-state index contributed by atoms with van der Waals surface area (Å²) in [6, 6.07) is 0.